The van der Waals surface area contributed by atoms with Crippen molar-refractivity contribution in [1.29, 1.82) is 0 Å². The van der Waals surface area contributed by atoms with Crippen molar-refractivity contribution in [1.82, 2.24) is 0 Å². The maximum Gasteiger partial charge on any atom is 0.331 e. The minimum atomic E-state index is -1.63. The van der Waals surface area contributed by atoms with Crippen molar-refractivity contribution in [2.75, 3.05) is 0 Å². The molecule has 0 aliphatic heterocycles. The Bertz CT molecular complexity index is 229. The van der Waals surface area contributed by atoms with Gasteiger partial charge in [-0.2, -0.15) is 37.9 Å². The lowest BCUT2D eigenvalue weighted by Gasteiger charge is -2.38. The summed E-state index contributed by atoms with van der Waals surface area (Å²) >= 11 is 20.7. The fourth-order valence-electron chi connectivity index (χ4n) is 0.988. The molecule has 0 amide bonds. The van der Waals surface area contributed by atoms with E-state index in [-0.39, 0.29) is 5.25 Å². The Morgan fingerprint density at radius 1 is 1.33 bits per heavy atom. The average Bonchev–Trinajstić information content (AvgIpc) is 2.13. The van der Waals surface area contributed by atoms with Crippen LogP contribution in [-0.4, -0.2) is 24.5 Å². The van der Waals surface area contributed by atoms with Gasteiger partial charge in [-0.05, 0) is 6.42 Å². The van der Waals surface area contributed by atoms with Crippen molar-refractivity contribution in [3.05, 3.63) is 0 Å². The molecule has 2 nitrogen and oxygen atoms in total. The van der Waals surface area contributed by atoms with Crippen LogP contribution in [0.15, 0.2) is 0 Å². The SMILES string of the molecule is CCCCC(S)C(S)(S)C(S)(S)C(=O)O. The number of rotatable bonds is 6. The first-order valence-electron chi connectivity index (χ1n) is 4.48. The molecule has 0 aromatic carbocycles. The van der Waals surface area contributed by atoms with Crippen LogP contribution in [0, 0.1) is 0 Å². The fourth-order valence-corrected chi connectivity index (χ4v) is 2.33. The first-order valence-corrected chi connectivity index (χ1v) is 6.79. The molecular formula is C8H16O2S5. The van der Waals surface area contributed by atoms with Gasteiger partial charge in [-0.15, -0.1) is 25.3 Å². The van der Waals surface area contributed by atoms with Crippen LogP contribution in [0.2, 0.25) is 0 Å². The highest BCUT2D eigenvalue weighted by atomic mass is 32.2. The zero-order valence-electron chi connectivity index (χ0n) is 8.29. The third-order valence-corrected chi connectivity index (χ3v) is 6.25. The zero-order valence-corrected chi connectivity index (χ0v) is 12.8. The molecule has 0 aliphatic rings. The molecule has 0 heterocycles. The van der Waals surface area contributed by atoms with Gasteiger partial charge in [-0.25, -0.2) is 4.79 Å². The number of carboxylic acids is 1. The van der Waals surface area contributed by atoms with Crippen LogP contribution in [0.4, 0.5) is 0 Å². The Hall–Kier alpha value is 1.22. The zero-order chi connectivity index (χ0) is 12.3. The van der Waals surface area contributed by atoms with Crippen molar-refractivity contribution in [3.63, 3.8) is 0 Å². The van der Waals surface area contributed by atoms with E-state index < -0.39 is 14.1 Å². The lowest BCUT2D eigenvalue weighted by Crippen LogP contribution is -2.49. The number of hydrogen-bond acceptors (Lipinski definition) is 6. The van der Waals surface area contributed by atoms with E-state index in [0.29, 0.717) is 0 Å². The quantitative estimate of drug-likeness (QED) is 0.337. The van der Waals surface area contributed by atoms with Crippen LogP contribution in [0.5, 0.6) is 0 Å². The number of carbonyl (C=O) groups is 1. The van der Waals surface area contributed by atoms with Crippen molar-refractivity contribution in [3.8, 4) is 0 Å². The highest BCUT2D eigenvalue weighted by Gasteiger charge is 2.51. The Labute approximate surface area is 118 Å². The molecule has 0 aromatic heterocycles. The van der Waals surface area contributed by atoms with Crippen LogP contribution in [-0.2, 0) is 4.79 Å². The maximum absolute atomic E-state index is 11.0. The van der Waals surface area contributed by atoms with Crippen molar-refractivity contribution >= 4 is 69.1 Å². The van der Waals surface area contributed by atoms with Gasteiger partial charge in [0, 0.05) is 5.25 Å². The predicted octanol–water partition coefficient (Wildman–Crippen LogP) is 2.67. The molecule has 0 spiro atoms. The van der Waals surface area contributed by atoms with E-state index >= 15 is 0 Å². The molecule has 0 aliphatic carbocycles. The molecule has 1 atom stereocenters. The second kappa shape index (κ2) is 6.23. The third-order valence-electron chi connectivity index (χ3n) is 2.11. The highest BCUT2D eigenvalue weighted by Crippen LogP contribution is 2.47. The van der Waals surface area contributed by atoms with E-state index in [2.05, 4.69) is 63.1 Å². The summed E-state index contributed by atoms with van der Waals surface area (Å²) in [6.07, 6.45) is 2.67. The van der Waals surface area contributed by atoms with Gasteiger partial charge in [0.05, 0.1) is 0 Å². The number of carboxylic acid groups (broad SMARTS) is 1. The number of aliphatic carboxylic acids is 1. The van der Waals surface area contributed by atoms with Crippen molar-refractivity contribution in [2.45, 2.75) is 39.6 Å². The van der Waals surface area contributed by atoms with Gasteiger partial charge >= 0.3 is 5.97 Å². The second-order valence-electron chi connectivity index (χ2n) is 3.36. The van der Waals surface area contributed by atoms with Gasteiger partial charge in [-0.1, -0.05) is 19.8 Å². The van der Waals surface area contributed by atoms with Gasteiger partial charge in [0.1, 0.15) is 4.08 Å². The van der Waals surface area contributed by atoms with E-state index in [1.54, 1.807) is 0 Å². The molecule has 0 saturated heterocycles. The van der Waals surface area contributed by atoms with E-state index in [1.807, 2.05) is 6.92 Å². The minimum Gasteiger partial charge on any atom is -0.480 e. The summed E-state index contributed by atoms with van der Waals surface area (Å²) in [5, 5.41) is 8.67. The standard InChI is InChI=1S/C8H16O2S5/c1-2-3-4-5(11)7(12,13)8(14,15)6(9)10/h5,11-15H,2-4H2,1H3,(H,9,10). The molecule has 0 fully saturated rings. The van der Waals surface area contributed by atoms with Crippen molar-refractivity contribution in [2.24, 2.45) is 0 Å². The summed E-state index contributed by atoms with van der Waals surface area (Å²) in [4.78, 5) is 11.0. The van der Waals surface area contributed by atoms with Gasteiger partial charge in [0.25, 0.3) is 0 Å². The number of thiol groups is 5. The van der Waals surface area contributed by atoms with Crippen molar-refractivity contribution < 1.29 is 9.90 Å². The Kier molecular flexibility index (Phi) is 6.74. The van der Waals surface area contributed by atoms with Crippen LogP contribution in [0.3, 0.4) is 0 Å². The summed E-state index contributed by atoms with van der Waals surface area (Å²) in [6.45, 7) is 2.05. The molecule has 1 N–H and O–H groups in total. The monoisotopic (exact) mass is 304 g/mol. The normalized spacial score (nSPS) is 15.1. The fraction of sp³-hybridized carbons (Fsp3) is 0.875. The van der Waals surface area contributed by atoms with Crippen LogP contribution < -0.4 is 0 Å². The predicted molar refractivity (Wildman–Crippen MR) is 81.3 cm³/mol. The first-order chi connectivity index (χ1) is 6.67. The summed E-state index contributed by atoms with van der Waals surface area (Å²) in [7, 11) is 0. The van der Waals surface area contributed by atoms with E-state index in [9.17, 15) is 4.79 Å². The second-order valence-corrected chi connectivity index (χ2v) is 7.44. The van der Waals surface area contributed by atoms with Crippen LogP contribution >= 0.6 is 63.1 Å². The molecule has 0 aromatic rings. The Balaban J connectivity index is 4.71. The van der Waals surface area contributed by atoms with Gasteiger partial charge in [0.15, 0.2) is 4.08 Å². The van der Waals surface area contributed by atoms with E-state index in [0.717, 1.165) is 19.3 Å². The first kappa shape index (κ1) is 16.2. The van der Waals surface area contributed by atoms with Crippen LogP contribution in [0.1, 0.15) is 26.2 Å². The minimum absolute atomic E-state index is 0.296. The molecule has 0 rings (SSSR count). The average molecular weight is 305 g/mol. The lowest BCUT2D eigenvalue weighted by molar-refractivity contribution is -0.137. The molecule has 90 valence electrons. The summed E-state index contributed by atoms with van der Waals surface area (Å²) in [5.41, 5.74) is 0. The van der Waals surface area contributed by atoms with Crippen LogP contribution in [0.25, 0.3) is 0 Å². The lowest BCUT2D eigenvalue weighted by atomic mass is 10.1. The van der Waals surface area contributed by atoms with Gasteiger partial charge < -0.3 is 5.11 Å². The van der Waals surface area contributed by atoms with Gasteiger partial charge in [0.2, 0.25) is 0 Å². The molecule has 0 saturated carbocycles. The number of hydrogen-bond donors (Lipinski definition) is 6. The van der Waals surface area contributed by atoms with E-state index in [1.165, 1.54) is 0 Å². The largest absolute Gasteiger partial charge is 0.480 e. The number of unbranched alkanes of at least 4 members (excludes halogenated alkanes) is 1. The summed E-state index contributed by atoms with van der Waals surface area (Å²) < 4.78 is -2.82. The van der Waals surface area contributed by atoms with Gasteiger partial charge in [-0.3, -0.25) is 0 Å². The molecule has 0 bridgehead atoms. The molecule has 1 unspecified atom stereocenters. The molecule has 0 radical (unpaired) electrons. The highest BCUT2D eigenvalue weighted by molar-refractivity contribution is 8.09. The summed E-state index contributed by atoms with van der Waals surface area (Å²) in [5.74, 6) is -1.17. The Morgan fingerprint density at radius 2 is 1.80 bits per heavy atom. The van der Waals surface area contributed by atoms with E-state index in [4.69, 9.17) is 5.11 Å². The smallest absolute Gasteiger partial charge is 0.331 e. The third kappa shape index (κ3) is 3.87. The molecule has 15 heavy (non-hydrogen) atoms. The Morgan fingerprint density at radius 3 is 2.13 bits per heavy atom. The molecular weight excluding hydrogens is 288 g/mol. The summed E-state index contributed by atoms with van der Waals surface area (Å²) in [6, 6.07) is 0. The maximum atomic E-state index is 11.0. The topological polar surface area (TPSA) is 37.3 Å². The molecule has 7 heteroatoms.